The van der Waals surface area contributed by atoms with Gasteiger partial charge in [-0.2, -0.15) is 0 Å². The molecule has 0 fully saturated rings. The number of carbonyl (C=O) groups excluding carboxylic acids is 1. The largest absolute Gasteiger partial charge is 0.368 e. The van der Waals surface area contributed by atoms with Gasteiger partial charge in [-0.3, -0.25) is 9.69 Å². The number of pyridine rings is 1. The second-order valence-electron chi connectivity index (χ2n) is 4.95. The summed E-state index contributed by atoms with van der Waals surface area (Å²) in [6.07, 6.45) is -0.940. The van der Waals surface area contributed by atoms with Crippen LogP contribution in [-0.2, 0) is 4.79 Å². The van der Waals surface area contributed by atoms with E-state index in [1.54, 1.807) is 30.0 Å². The van der Waals surface area contributed by atoms with E-state index in [0.717, 1.165) is 21.8 Å². The molecule has 4 rings (SSSR count). The second kappa shape index (κ2) is 5.45. The molecule has 1 aromatic heterocycles. The highest BCUT2D eigenvalue weighted by molar-refractivity contribution is 8.10. The fraction of sp³-hybridized carbons (Fsp3) is 0.200. The number of carbonyl (C=O) groups is 1. The summed E-state index contributed by atoms with van der Waals surface area (Å²) in [4.78, 5) is 19.8. The molecule has 1 N–H and O–H groups in total. The summed E-state index contributed by atoms with van der Waals surface area (Å²) in [6.45, 7) is 0. The Hall–Kier alpha value is -1.21. The Bertz CT molecular complexity index is 824. The predicted molar refractivity (Wildman–Crippen MR) is 92.2 cm³/mol. The van der Waals surface area contributed by atoms with Crippen LogP contribution in [0.5, 0.6) is 0 Å². The van der Waals surface area contributed by atoms with Crippen LogP contribution in [0.2, 0.25) is 5.02 Å². The number of benzene rings is 1. The van der Waals surface area contributed by atoms with E-state index in [2.05, 4.69) is 4.98 Å². The van der Waals surface area contributed by atoms with E-state index in [-0.39, 0.29) is 5.91 Å². The van der Waals surface area contributed by atoms with Gasteiger partial charge in [0.15, 0.2) is 6.23 Å². The van der Waals surface area contributed by atoms with Crippen molar-refractivity contribution < 1.29 is 9.90 Å². The van der Waals surface area contributed by atoms with E-state index >= 15 is 0 Å². The molecule has 2 aliphatic heterocycles. The van der Waals surface area contributed by atoms with Gasteiger partial charge in [0.25, 0.3) is 5.91 Å². The van der Waals surface area contributed by atoms with Crippen molar-refractivity contribution in [1.29, 1.82) is 0 Å². The van der Waals surface area contributed by atoms with Crippen molar-refractivity contribution in [3.8, 4) is 0 Å². The minimum Gasteiger partial charge on any atom is -0.368 e. The third-order valence-electron chi connectivity index (χ3n) is 3.59. The van der Waals surface area contributed by atoms with Gasteiger partial charge in [0.2, 0.25) is 0 Å². The molecule has 0 bridgehead atoms. The van der Waals surface area contributed by atoms with Crippen LogP contribution in [0.3, 0.4) is 0 Å². The van der Waals surface area contributed by atoms with E-state index in [1.807, 2.05) is 12.1 Å². The normalized spacial score (nSPS) is 21.6. The van der Waals surface area contributed by atoms with E-state index in [9.17, 15) is 9.90 Å². The first kappa shape index (κ1) is 14.4. The Morgan fingerprint density at radius 3 is 2.82 bits per heavy atom. The molecular weight excluding hydrogens is 340 g/mol. The molecule has 1 atom stereocenters. The average molecular weight is 351 g/mol. The highest BCUT2D eigenvalue weighted by Crippen LogP contribution is 2.44. The summed E-state index contributed by atoms with van der Waals surface area (Å²) in [5.41, 5.74) is 0.704. The lowest BCUT2D eigenvalue weighted by Gasteiger charge is -2.21. The number of aliphatic hydroxyl groups is 1. The second-order valence-corrected chi connectivity index (χ2v) is 7.62. The van der Waals surface area contributed by atoms with Gasteiger partial charge in [-0.05, 0) is 24.3 Å². The first-order chi connectivity index (χ1) is 10.6. The smallest absolute Gasteiger partial charge is 0.269 e. The monoisotopic (exact) mass is 350 g/mol. The van der Waals surface area contributed by atoms with Gasteiger partial charge in [-0.25, -0.2) is 4.98 Å². The number of hydrogen-bond donors (Lipinski definition) is 1. The van der Waals surface area contributed by atoms with Crippen LogP contribution in [-0.4, -0.2) is 33.7 Å². The van der Waals surface area contributed by atoms with Crippen molar-refractivity contribution in [1.82, 2.24) is 4.98 Å². The van der Waals surface area contributed by atoms with Crippen molar-refractivity contribution in [3.05, 3.63) is 45.2 Å². The molecule has 1 aromatic carbocycles. The number of nitrogens with zero attached hydrogens (tertiary/aromatic N) is 2. The Balaban J connectivity index is 1.77. The number of hydrogen-bond acceptors (Lipinski definition) is 5. The number of halogens is 1. The molecular formula is C15H11ClN2O2S2. The maximum atomic E-state index is 12.6. The molecule has 3 heterocycles. The van der Waals surface area contributed by atoms with Gasteiger partial charge in [0.05, 0.1) is 15.3 Å². The van der Waals surface area contributed by atoms with Crippen LogP contribution in [0.1, 0.15) is 0 Å². The number of aliphatic hydroxyl groups excluding tert-OH is 1. The SMILES string of the molecule is O=C1C2=C(SCCS2)C(O)N1c1ccc2ccc(Cl)cc2n1. The van der Waals surface area contributed by atoms with Crippen molar-refractivity contribution >= 4 is 57.8 Å². The van der Waals surface area contributed by atoms with Gasteiger partial charge in [0, 0.05) is 21.9 Å². The lowest BCUT2D eigenvalue weighted by molar-refractivity contribution is -0.115. The summed E-state index contributed by atoms with van der Waals surface area (Å²) in [7, 11) is 0. The molecule has 1 amide bonds. The fourth-order valence-electron chi connectivity index (χ4n) is 2.57. The zero-order chi connectivity index (χ0) is 15.3. The summed E-state index contributed by atoms with van der Waals surface area (Å²) in [5, 5.41) is 12.0. The summed E-state index contributed by atoms with van der Waals surface area (Å²) in [5.74, 6) is 2.07. The van der Waals surface area contributed by atoms with Crippen LogP contribution in [0.15, 0.2) is 40.1 Å². The molecule has 1 unspecified atom stereocenters. The topological polar surface area (TPSA) is 53.4 Å². The van der Waals surface area contributed by atoms with Gasteiger partial charge in [-0.15, -0.1) is 23.5 Å². The summed E-state index contributed by atoms with van der Waals surface area (Å²) < 4.78 is 0. The fourth-order valence-corrected chi connectivity index (χ4v) is 5.12. The van der Waals surface area contributed by atoms with E-state index in [4.69, 9.17) is 11.6 Å². The summed E-state index contributed by atoms with van der Waals surface area (Å²) in [6, 6.07) is 9.07. The number of fused-ring (bicyclic) bond motifs is 1. The van der Waals surface area contributed by atoms with Gasteiger partial charge >= 0.3 is 0 Å². The molecule has 0 aliphatic carbocycles. The van der Waals surface area contributed by atoms with Gasteiger partial charge in [0.1, 0.15) is 5.82 Å². The molecule has 0 radical (unpaired) electrons. The number of thioether (sulfide) groups is 2. The molecule has 112 valence electrons. The quantitative estimate of drug-likeness (QED) is 0.855. The van der Waals surface area contributed by atoms with Crippen LogP contribution in [0.25, 0.3) is 10.9 Å². The van der Waals surface area contributed by atoms with E-state index in [0.29, 0.717) is 21.3 Å². The standard InChI is InChI=1S/C15H11ClN2O2S2/c16-9-3-1-8-2-4-11(17-10(8)7-9)18-14(19)12-13(15(18)20)22-6-5-21-12/h1-4,7,14,19H,5-6H2. The minimum atomic E-state index is -0.940. The minimum absolute atomic E-state index is 0.173. The lowest BCUT2D eigenvalue weighted by Crippen LogP contribution is -2.35. The molecule has 4 nitrogen and oxygen atoms in total. The maximum absolute atomic E-state index is 12.6. The zero-order valence-corrected chi connectivity index (χ0v) is 13.7. The Kier molecular flexibility index (Phi) is 3.57. The Morgan fingerprint density at radius 2 is 2.00 bits per heavy atom. The number of amides is 1. The van der Waals surface area contributed by atoms with Crippen LogP contribution in [0.4, 0.5) is 5.82 Å². The third-order valence-corrected chi connectivity index (χ3v) is 6.44. The molecule has 0 saturated carbocycles. The van der Waals surface area contributed by atoms with Crippen molar-refractivity contribution in [3.63, 3.8) is 0 Å². The van der Waals surface area contributed by atoms with Crippen LogP contribution in [0, 0.1) is 0 Å². The van der Waals surface area contributed by atoms with E-state index < -0.39 is 6.23 Å². The Morgan fingerprint density at radius 1 is 1.23 bits per heavy atom. The Labute approximate surface area is 140 Å². The van der Waals surface area contributed by atoms with Gasteiger partial charge < -0.3 is 5.11 Å². The molecule has 2 aromatic rings. The van der Waals surface area contributed by atoms with Crippen LogP contribution < -0.4 is 4.90 Å². The third kappa shape index (κ3) is 2.22. The van der Waals surface area contributed by atoms with Crippen LogP contribution >= 0.6 is 35.1 Å². The molecule has 0 saturated heterocycles. The summed E-state index contributed by atoms with van der Waals surface area (Å²) >= 11 is 9.06. The molecule has 7 heteroatoms. The number of aromatic nitrogens is 1. The molecule has 2 aliphatic rings. The van der Waals surface area contributed by atoms with Crippen molar-refractivity contribution in [2.24, 2.45) is 0 Å². The first-order valence-electron chi connectivity index (χ1n) is 6.73. The highest BCUT2D eigenvalue weighted by Gasteiger charge is 2.41. The van der Waals surface area contributed by atoms with E-state index in [1.165, 1.54) is 16.7 Å². The first-order valence-corrected chi connectivity index (χ1v) is 9.08. The lowest BCUT2D eigenvalue weighted by atomic mass is 10.2. The zero-order valence-electron chi connectivity index (χ0n) is 11.3. The number of anilines is 1. The van der Waals surface area contributed by atoms with Crippen molar-refractivity contribution in [2.45, 2.75) is 6.23 Å². The predicted octanol–water partition coefficient (Wildman–Crippen LogP) is 3.24. The average Bonchev–Trinajstić information content (AvgIpc) is 2.79. The van der Waals surface area contributed by atoms with Crippen molar-refractivity contribution in [2.75, 3.05) is 16.4 Å². The molecule has 22 heavy (non-hydrogen) atoms. The highest BCUT2D eigenvalue weighted by atomic mass is 35.5. The van der Waals surface area contributed by atoms with Gasteiger partial charge in [-0.1, -0.05) is 17.7 Å². The number of rotatable bonds is 1. The molecule has 0 spiro atoms. The maximum Gasteiger partial charge on any atom is 0.269 e.